The fourth-order valence-corrected chi connectivity index (χ4v) is 3.50. The predicted molar refractivity (Wildman–Crippen MR) is 141 cm³/mol. The lowest BCUT2D eigenvalue weighted by molar-refractivity contribution is 0.382. The van der Waals surface area contributed by atoms with Gasteiger partial charge in [-0.15, -0.1) is 0 Å². The first-order chi connectivity index (χ1) is 17.6. The minimum absolute atomic E-state index is 0.514. The highest BCUT2D eigenvalue weighted by Gasteiger charge is 2.14. The Bertz CT molecular complexity index is 1370. The maximum atomic E-state index is 6.25. The number of nitrogens with two attached hydrogens (primary N) is 2. The fraction of sp³-hybridized carbons (Fsp3) is 0. The second-order valence-corrected chi connectivity index (χ2v) is 7.89. The molecule has 0 saturated heterocycles. The summed E-state index contributed by atoms with van der Waals surface area (Å²) in [6.45, 7) is 0. The normalized spacial score (nSPS) is 10.4. The molecule has 0 bridgehead atoms. The summed E-state index contributed by atoms with van der Waals surface area (Å²) in [5.41, 5.74) is 13.0. The first kappa shape index (κ1) is 22.7. The number of para-hydroxylation sites is 6. The lowest BCUT2D eigenvalue weighted by Gasteiger charge is -2.16. The van der Waals surface area contributed by atoms with E-state index in [4.69, 9.17) is 30.4 Å². The van der Waals surface area contributed by atoms with E-state index in [0.717, 1.165) is 0 Å². The maximum absolute atomic E-state index is 6.25. The van der Waals surface area contributed by atoms with Gasteiger partial charge in [-0.25, -0.2) is 0 Å². The fourth-order valence-electron chi connectivity index (χ4n) is 3.50. The van der Waals surface area contributed by atoms with Crippen LogP contribution in [0.1, 0.15) is 0 Å². The van der Waals surface area contributed by atoms with Crippen LogP contribution in [0.3, 0.4) is 0 Å². The van der Waals surface area contributed by atoms with E-state index in [1.165, 1.54) is 0 Å². The van der Waals surface area contributed by atoms with Gasteiger partial charge in [-0.2, -0.15) is 0 Å². The van der Waals surface area contributed by atoms with Crippen molar-refractivity contribution in [1.29, 1.82) is 0 Å². The molecule has 0 atom stereocenters. The molecule has 0 fully saturated rings. The number of anilines is 2. The van der Waals surface area contributed by atoms with Crippen molar-refractivity contribution in [2.24, 2.45) is 0 Å². The van der Waals surface area contributed by atoms with Gasteiger partial charge in [-0.1, -0.05) is 48.5 Å². The molecule has 5 rings (SSSR count). The molecule has 5 aromatic rings. The SMILES string of the molecule is Nc1cccc(Oc2ccccc2Oc2ccccc2Oc2ccccc2Oc2cccc(N)c2)c1. The molecule has 0 radical (unpaired) electrons. The van der Waals surface area contributed by atoms with Gasteiger partial charge in [-0.3, -0.25) is 0 Å². The van der Waals surface area contributed by atoms with Gasteiger partial charge in [0, 0.05) is 23.5 Å². The Kier molecular flexibility index (Phi) is 6.58. The third-order valence-electron chi connectivity index (χ3n) is 5.16. The van der Waals surface area contributed by atoms with Crippen LogP contribution in [0.5, 0.6) is 46.0 Å². The number of benzene rings is 5. The van der Waals surface area contributed by atoms with E-state index in [1.54, 1.807) is 24.3 Å². The van der Waals surface area contributed by atoms with Crippen LogP contribution in [0.15, 0.2) is 121 Å². The number of ether oxygens (including phenoxy) is 4. The monoisotopic (exact) mass is 476 g/mol. The van der Waals surface area contributed by atoms with Crippen LogP contribution >= 0.6 is 0 Å². The van der Waals surface area contributed by atoms with Crippen molar-refractivity contribution < 1.29 is 18.9 Å². The molecule has 5 aromatic carbocycles. The molecule has 6 heteroatoms. The molecule has 4 N–H and O–H groups in total. The van der Waals surface area contributed by atoms with Gasteiger partial charge in [0.25, 0.3) is 0 Å². The highest BCUT2D eigenvalue weighted by molar-refractivity contribution is 5.53. The minimum atomic E-state index is 0.514. The topological polar surface area (TPSA) is 89.0 Å². The molecule has 178 valence electrons. The smallest absolute Gasteiger partial charge is 0.170 e. The van der Waals surface area contributed by atoms with Crippen LogP contribution in [0.25, 0.3) is 0 Å². The zero-order valence-corrected chi connectivity index (χ0v) is 19.3. The van der Waals surface area contributed by atoms with E-state index >= 15 is 0 Å². The second-order valence-electron chi connectivity index (χ2n) is 7.89. The summed E-state index contributed by atoms with van der Waals surface area (Å²) in [4.78, 5) is 0. The molecule has 0 unspecified atom stereocenters. The summed E-state index contributed by atoms with van der Waals surface area (Å²) in [5.74, 6) is 4.40. The Balaban J connectivity index is 1.40. The second kappa shape index (κ2) is 10.4. The van der Waals surface area contributed by atoms with E-state index in [0.29, 0.717) is 57.4 Å². The van der Waals surface area contributed by atoms with E-state index < -0.39 is 0 Å². The summed E-state index contributed by atoms with van der Waals surface area (Å²) in [6, 6.07) is 36.7. The van der Waals surface area contributed by atoms with E-state index in [-0.39, 0.29) is 0 Å². The molecule has 0 amide bonds. The predicted octanol–water partition coefficient (Wildman–Crippen LogP) is 8.02. The Hall–Kier alpha value is -5.10. The van der Waals surface area contributed by atoms with Gasteiger partial charge in [0.2, 0.25) is 0 Å². The van der Waals surface area contributed by atoms with Crippen molar-refractivity contribution in [3.63, 3.8) is 0 Å². The number of hydrogen-bond donors (Lipinski definition) is 2. The summed E-state index contributed by atoms with van der Waals surface area (Å²) in [5, 5.41) is 0. The van der Waals surface area contributed by atoms with Crippen LogP contribution in [-0.2, 0) is 0 Å². The van der Waals surface area contributed by atoms with Gasteiger partial charge >= 0.3 is 0 Å². The van der Waals surface area contributed by atoms with E-state index in [9.17, 15) is 0 Å². The Morgan fingerprint density at radius 3 is 0.944 bits per heavy atom. The van der Waals surface area contributed by atoms with Gasteiger partial charge < -0.3 is 30.4 Å². The molecule has 0 aliphatic carbocycles. The van der Waals surface area contributed by atoms with Gasteiger partial charge in [-0.05, 0) is 60.7 Å². The molecule has 0 heterocycles. The molecular weight excluding hydrogens is 452 g/mol. The van der Waals surface area contributed by atoms with Crippen molar-refractivity contribution in [2.75, 3.05) is 11.5 Å². The van der Waals surface area contributed by atoms with Crippen LogP contribution in [0, 0.1) is 0 Å². The Morgan fingerprint density at radius 2 is 0.639 bits per heavy atom. The van der Waals surface area contributed by atoms with Gasteiger partial charge in [0.1, 0.15) is 11.5 Å². The first-order valence-electron chi connectivity index (χ1n) is 11.3. The zero-order chi connectivity index (χ0) is 24.7. The minimum Gasteiger partial charge on any atom is -0.453 e. The first-order valence-corrected chi connectivity index (χ1v) is 11.3. The largest absolute Gasteiger partial charge is 0.453 e. The summed E-state index contributed by atoms with van der Waals surface area (Å²) >= 11 is 0. The molecular formula is C30H24N2O4. The molecule has 36 heavy (non-hydrogen) atoms. The quantitative estimate of drug-likeness (QED) is 0.220. The lowest BCUT2D eigenvalue weighted by Crippen LogP contribution is -1.95. The summed E-state index contributed by atoms with van der Waals surface area (Å²) in [6.07, 6.45) is 0. The van der Waals surface area contributed by atoms with Crippen LogP contribution in [0.4, 0.5) is 11.4 Å². The number of rotatable bonds is 8. The van der Waals surface area contributed by atoms with E-state index in [1.807, 2.05) is 97.1 Å². The number of nitrogen functional groups attached to an aromatic ring is 2. The Morgan fingerprint density at radius 1 is 0.333 bits per heavy atom. The third-order valence-corrected chi connectivity index (χ3v) is 5.16. The molecule has 0 saturated carbocycles. The standard InChI is InChI=1S/C30H24N2O4/c31-21-9-7-11-23(19-21)33-25-13-1-3-15-27(25)35-29-17-5-6-18-30(29)36-28-16-4-2-14-26(28)34-24-12-8-10-22(32)20-24/h1-20H,31-32H2. The zero-order valence-electron chi connectivity index (χ0n) is 19.3. The third kappa shape index (κ3) is 5.51. The van der Waals surface area contributed by atoms with E-state index in [2.05, 4.69) is 0 Å². The highest BCUT2D eigenvalue weighted by atomic mass is 16.6. The van der Waals surface area contributed by atoms with Crippen LogP contribution in [-0.4, -0.2) is 0 Å². The van der Waals surface area contributed by atoms with Crippen molar-refractivity contribution in [3.05, 3.63) is 121 Å². The van der Waals surface area contributed by atoms with Gasteiger partial charge in [0.05, 0.1) is 0 Å². The Labute approximate surface area is 209 Å². The number of hydrogen-bond acceptors (Lipinski definition) is 6. The van der Waals surface area contributed by atoms with Crippen LogP contribution < -0.4 is 30.4 Å². The lowest BCUT2D eigenvalue weighted by atomic mass is 10.2. The molecule has 6 nitrogen and oxygen atoms in total. The van der Waals surface area contributed by atoms with Crippen molar-refractivity contribution in [2.45, 2.75) is 0 Å². The van der Waals surface area contributed by atoms with Crippen molar-refractivity contribution >= 4 is 11.4 Å². The maximum Gasteiger partial charge on any atom is 0.170 e. The average molecular weight is 477 g/mol. The van der Waals surface area contributed by atoms with Crippen molar-refractivity contribution in [3.8, 4) is 46.0 Å². The molecule has 0 aliphatic heterocycles. The average Bonchev–Trinajstić information content (AvgIpc) is 2.88. The van der Waals surface area contributed by atoms with Crippen LogP contribution in [0.2, 0.25) is 0 Å². The molecule has 0 spiro atoms. The highest BCUT2D eigenvalue weighted by Crippen LogP contribution is 2.42. The van der Waals surface area contributed by atoms with Crippen molar-refractivity contribution in [1.82, 2.24) is 0 Å². The molecule has 0 aromatic heterocycles. The van der Waals surface area contributed by atoms with Gasteiger partial charge in [0.15, 0.2) is 34.5 Å². The summed E-state index contributed by atoms with van der Waals surface area (Å²) < 4.78 is 24.6. The molecule has 0 aliphatic rings. The summed E-state index contributed by atoms with van der Waals surface area (Å²) in [7, 11) is 0.